The molecule has 1 aromatic rings. The van der Waals surface area contributed by atoms with Gasteiger partial charge in [0.15, 0.2) is 11.5 Å². The summed E-state index contributed by atoms with van der Waals surface area (Å²) in [4.78, 5) is 13.9. The summed E-state index contributed by atoms with van der Waals surface area (Å²) >= 11 is 0. The standard InChI is InChI=1S/C16H24N2O4/c1-21-14-9-12-5-7-18(11-13(12)10-15(14)22-2)16(20)17-6-3-4-8-19/h9-10,19H,3-8,11H2,1-2H3,(H,17,20). The van der Waals surface area contributed by atoms with E-state index in [0.29, 0.717) is 31.8 Å². The van der Waals surface area contributed by atoms with Crippen LogP contribution in [0.4, 0.5) is 4.79 Å². The molecule has 0 bridgehead atoms. The van der Waals surface area contributed by atoms with Gasteiger partial charge in [-0.2, -0.15) is 0 Å². The number of benzene rings is 1. The van der Waals surface area contributed by atoms with Crippen molar-refractivity contribution in [2.45, 2.75) is 25.8 Å². The van der Waals surface area contributed by atoms with Crippen LogP contribution in [0.5, 0.6) is 11.5 Å². The molecule has 2 rings (SSSR count). The van der Waals surface area contributed by atoms with Crippen LogP contribution >= 0.6 is 0 Å². The number of ether oxygens (including phenoxy) is 2. The SMILES string of the molecule is COc1cc2c(cc1OC)CN(C(=O)NCCCCO)CC2. The van der Waals surface area contributed by atoms with Crippen LogP contribution in [0.3, 0.4) is 0 Å². The van der Waals surface area contributed by atoms with Gasteiger partial charge in [-0.3, -0.25) is 0 Å². The third kappa shape index (κ3) is 3.82. The predicted octanol–water partition coefficient (Wildman–Crippen LogP) is 1.54. The lowest BCUT2D eigenvalue weighted by molar-refractivity contribution is 0.191. The minimum atomic E-state index is -0.0571. The van der Waals surface area contributed by atoms with E-state index in [9.17, 15) is 4.79 Å². The largest absolute Gasteiger partial charge is 0.493 e. The molecule has 1 heterocycles. The molecule has 22 heavy (non-hydrogen) atoms. The average Bonchev–Trinajstić information content (AvgIpc) is 2.56. The number of urea groups is 1. The third-order valence-electron chi connectivity index (χ3n) is 3.87. The molecule has 122 valence electrons. The number of aliphatic hydroxyl groups excluding tert-OH is 1. The molecule has 0 radical (unpaired) electrons. The quantitative estimate of drug-likeness (QED) is 0.782. The first-order valence-corrected chi connectivity index (χ1v) is 7.57. The fourth-order valence-corrected chi connectivity index (χ4v) is 2.60. The Morgan fingerprint density at radius 1 is 1.23 bits per heavy atom. The zero-order valence-electron chi connectivity index (χ0n) is 13.2. The molecule has 1 aromatic carbocycles. The van der Waals surface area contributed by atoms with E-state index in [1.54, 1.807) is 19.1 Å². The van der Waals surface area contributed by atoms with E-state index < -0.39 is 0 Å². The molecule has 6 nitrogen and oxygen atoms in total. The number of aliphatic hydroxyl groups is 1. The van der Waals surface area contributed by atoms with Crippen LogP contribution < -0.4 is 14.8 Å². The maximum absolute atomic E-state index is 12.1. The Hall–Kier alpha value is -1.95. The summed E-state index contributed by atoms with van der Waals surface area (Å²) in [5, 5.41) is 11.6. The molecule has 0 aliphatic carbocycles. The van der Waals surface area contributed by atoms with Crippen molar-refractivity contribution in [1.82, 2.24) is 10.2 Å². The van der Waals surface area contributed by atoms with Crippen LogP contribution in [0.2, 0.25) is 0 Å². The van der Waals surface area contributed by atoms with Gasteiger partial charge in [-0.1, -0.05) is 0 Å². The van der Waals surface area contributed by atoms with Crippen molar-refractivity contribution in [3.8, 4) is 11.5 Å². The average molecular weight is 308 g/mol. The minimum absolute atomic E-state index is 0.0571. The number of hydrogen-bond acceptors (Lipinski definition) is 4. The normalized spacial score (nSPS) is 13.5. The Morgan fingerprint density at radius 2 is 1.91 bits per heavy atom. The van der Waals surface area contributed by atoms with Gasteiger partial charge in [0.05, 0.1) is 14.2 Å². The first kappa shape index (κ1) is 16.4. The van der Waals surface area contributed by atoms with Crippen molar-refractivity contribution in [3.05, 3.63) is 23.3 Å². The van der Waals surface area contributed by atoms with Crippen molar-refractivity contribution in [1.29, 1.82) is 0 Å². The number of hydrogen-bond donors (Lipinski definition) is 2. The highest BCUT2D eigenvalue weighted by molar-refractivity contribution is 5.74. The summed E-state index contributed by atoms with van der Waals surface area (Å²) in [6.07, 6.45) is 2.30. The van der Waals surface area contributed by atoms with E-state index in [-0.39, 0.29) is 12.6 Å². The summed E-state index contributed by atoms with van der Waals surface area (Å²) in [6, 6.07) is 3.88. The molecule has 0 fully saturated rings. The second kappa shape index (κ2) is 7.89. The molecule has 0 saturated heterocycles. The highest BCUT2D eigenvalue weighted by Crippen LogP contribution is 2.33. The minimum Gasteiger partial charge on any atom is -0.493 e. The van der Waals surface area contributed by atoms with Crippen LogP contribution in [-0.4, -0.2) is 50.0 Å². The van der Waals surface area contributed by atoms with Gasteiger partial charge in [-0.05, 0) is 42.5 Å². The maximum Gasteiger partial charge on any atom is 0.317 e. The number of nitrogens with one attached hydrogen (secondary N) is 1. The lowest BCUT2D eigenvalue weighted by Crippen LogP contribution is -2.43. The Bertz CT molecular complexity index is 519. The number of carbonyl (C=O) groups is 1. The first-order valence-electron chi connectivity index (χ1n) is 7.57. The van der Waals surface area contributed by atoms with Gasteiger partial charge in [0.1, 0.15) is 0 Å². The third-order valence-corrected chi connectivity index (χ3v) is 3.87. The molecule has 1 aliphatic rings. The number of unbranched alkanes of at least 4 members (excludes halogenated alkanes) is 1. The fourth-order valence-electron chi connectivity index (χ4n) is 2.60. The fraction of sp³-hybridized carbons (Fsp3) is 0.562. The molecule has 0 saturated carbocycles. The smallest absolute Gasteiger partial charge is 0.317 e. The maximum atomic E-state index is 12.1. The topological polar surface area (TPSA) is 71.0 Å². The number of nitrogens with zero attached hydrogens (tertiary/aromatic N) is 1. The van der Waals surface area contributed by atoms with E-state index in [1.807, 2.05) is 12.1 Å². The second-order valence-electron chi connectivity index (χ2n) is 5.31. The zero-order chi connectivity index (χ0) is 15.9. The van der Waals surface area contributed by atoms with Crippen LogP contribution in [0.1, 0.15) is 24.0 Å². The Labute approximate surface area is 131 Å². The van der Waals surface area contributed by atoms with Gasteiger partial charge < -0.3 is 24.8 Å². The van der Waals surface area contributed by atoms with Crippen molar-refractivity contribution in [3.63, 3.8) is 0 Å². The lowest BCUT2D eigenvalue weighted by atomic mass is 9.99. The van der Waals surface area contributed by atoms with E-state index >= 15 is 0 Å². The van der Waals surface area contributed by atoms with Crippen LogP contribution in [-0.2, 0) is 13.0 Å². The van der Waals surface area contributed by atoms with Crippen molar-refractivity contribution >= 4 is 6.03 Å². The van der Waals surface area contributed by atoms with Gasteiger partial charge in [0, 0.05) is 26.2 Å². The van der Waals surface area contributed by atoms with Gasteiger partial charge in [-0.15, -0.1) is 0 Å². The molecule has 6 heteroatoms. The Morgan fingerprint density at radius 3 is 2.55 bits per heavy atom. The number of carbonyl (C=O) groups excluding carboxylic acids is 1. The lowest BCUT2D eigenvalue weighted by Gasteiger charge is -2.29. The highest BCUT2D eigenvalue weighted by Gasteiger charge is 2.22. The number of amides is 2. The van der Waals surface area contributed by atoms with Gasteiger partial charge in [0.25, 0.3) is 0 Å². The molecule has 0 unspecified atom stereocenters. The van der Waals surface area contributed by atoms with Crippen molar-refractivity contribution in [2.75, 3.05) is 33.9 Å². The van der Waals surface area contributed by atoms with Gasteiger partial charge in [-0.25, -0.2) is 4.79 Å². The zero-order valence-corrected chi connectivity index (χ0v) is 13.2. The van der Waals surface area contributed by atoms with E-state index in [0.717, 1.165) is 24.2 Å². The summed E-state index contributed by atoms with van der Waals surface area (Å²) in [7, 11) is 3.23. The number of rotatable bonds is 6. The predicted molar refractivity (Wildman–Crippen MR) is 83.4 cm³/mol. The summed E-state index contributed by atoms with van der Waals surface area (Å²) < 4.78 is 10.6. The number of methoxy groups -OCH3 is 2. The van der Waals surface area contributed by atoms with Crippen molar-refractivity contribution in [2.24, 2.45) is 0 Å². The summed E-state index contributed by atoms with van der Waals surface area (Å²) in [6.45, 7) is 2.01. The van der Waals surface area contributed by atoms with E-state index in [2.05, 4.69) is 5.32 Å². The molecule has 0 aromatic heterocycles. The van der Waals surface area contributed by atoms with Gasteiger partial charge >= 0.3 is 6.03 Å². The molecular formula is C16H24N2O4. The number of fused-ring (bicyclic) bond motifs is 1. The van der Waals surface area contributed by atoms with Crippen molar-refractivity contribution < 1.29 is 19.4 Å². The second-order valence-corrected chi connectivity index (χ2v) is 5.31. The molecular weight excluding hydrogens is 284 g/mol. The monoisotopic (exact) mass is 308 g/mol. The molecule has 0 spiro atoms. The first-order chi connectivity index (χ1) is 10.7. The van der Waals surface area contributed by atoms with Crippen LogP contribution in [0.25, 0.3) is 0 Å². The summed E-state index contributed by atoms with van der Waals surface area (Å²) in [5.74, 6) is 1.41. The van der Waals surface area contributed by atoms with Crippen LogP contribution in [0, 0.1) is 0 Å². The highest BCUT2D eigenvalue weighted by atomic mass is 16.5. The summed E-state index contributed by atoms with van der Waals surface area (Å²) in [5.41, 5.74) is 2.29. The van der Waals surface area contributed by atoms with Crippen LogP contribution in [0.15, 0.2) is 12.1 Å². The molecule has 2 N–H and O–H groups in total. The molecule has 2 amide bonds. The Kier molecular flexibility index (Phi) is 5.89. The van der Waals surface area contributed by atoms with Gasteiger partial charge in [0.2, 0.25) is 0 Å². The molecule has 0 atom stereocenters. The van der Waals surface area contributed by atoms with E-state index in [1.165, 1.54) is 5.56 Å². The Balaban J connectivity index is 2.00. The molecule has 1 aliphatic heterocycles. The van der Waals surface area contributed by atoms with E-state index in [4.69, 9.17) is 14.6 Å².